The number of piperazine rings is 1. The maximum atomic E-state index is 13.5. The molecule has 0 spiro atoms. The predicted octanol–water partition coefficient (Wildman–Crippen LogP) is 2.65. The van der Waals surface area contributed by atoms with Gasteiger partial charge in [0.1, 0.15) is 11.4 Å². The molecule has 1 saturated heterocycles. The largest absolute Gasteiger partial charge is 0.444 e. The standard InChI is InChI=1S/C21H28ClN5O3/c1-21(2,3)30-20(29)25-9-11-26(12-10-25)27-18(17(23)13-7-8-13)24-15-6-4-5-14(22)16(15)19(27)28/h4-6,13,17H,7-12,23H2,1-3H3/t17-/m0/s1. The monoisotopic (exact) mass is 433 g/mol. The van der Waals surface area contributed by atoms with Gasteiger partial charge in [0.2, 0.25) is 0 Å². The Morgan fingerprint density at radius 2 is 1.90 bits per heavy atom. The molecule has 4 rings (SSSR count). The van der Waals surface area contributed by atoms with Gasteiger partial charge in [-0.25, -0.2) is 14.5 Å². The van der Waals surface area contributed by atoms with Crippen LogP contribution in [0.25, 0.3) is 10.9 Å². The Morgan fingerprint density at radius 3 is 2.50 bits per heavy atom. The molecule has 9 heteroatoms. The molecule has 30 heavy (non-hydrogen) atoms. The molecule has 2 N–H and O–H groups in total. The molecule has 2 aromatic rings. The summed E-state index contributed by atoms with van der Waals surface area (Å²) >= 11 is 6.33. The zero-order valence-electron chi connectivity index (χ0n) is 17.6. The van der Waals surface area contributed by atoms with Gasteiger partial charge in [-0.3, -0.25) is 4.79 Å². The lowest BCUT2D eigenvalue weighted by molar-refractivity contribution is 0.0231. The number of fused-ring (bicyclic) bond motifs is 1. The summed E-state index contributed by atoms with van der Waals surface area (Å²) in [4.78, 5) is 32.2. The quantitative estimate of drug-likeness (QED) is 0.799. The molecule has 1 aliphatic heterocycles. The van der Waals surface area contributed by atoms with Crippen LogP contribution in [0.1, 0.15) is 45.5 Å². The molecule has 2 heterocycles. The third-order valence-corrected chi connectivity index (χ3v) is 5.78. The first-order valence-electron chi connectivity index (χ1n) is 10.4. The number of benzene rings is 1. The van der Waals surface area contributed by atoms with Crippen LogP contribution in [0.3, 0.4) is 0 Å². The summed E-state index contributed by atoms with van der Waals surface area (Å²) < 4.78 is 7.05. The van der Waals surface area contributed by atoms with Crippen molar-refractivity contribution in [1.82, 2.24) is 14.6 Å². The Balaban J connectivity index is 1.66. The lowest BCUT2D eigenvalue weighted by Crippen LogP contribution is -2.57. The normalized spacial score (nSPS) is 18.6. The van der Waals surface area contributed by atoms with Crippen LogP contribution in [0.15, 0.2) is 23.0 Å². The average molecular weight is 434 g/mol. The molecule has 1 amide bonds. The minimum Gasteiger partial charge on any atom is -0.444 e. The predicted molar refractivity (Wildman–Crippen MR) is 116 cm³/mol. The Morgan fingerprint density at radius 1 is 1.23 bits per heavy atom. The first-order chi connectivity index (χ1) is 14.2. The van der Waals surface area contributed by atoms with Gasteiger partial charge >= 0.3 is 6.09 Å². The average Bonchev–Trinajstić information content (AvgIpc) is 3.51. The number of hydrogen-bond donors (Lipinski definition) is 1. The highest BCUT2D eigenvalue weighted by atomic mass is 35.5. The van der Waals surface area contributed by atoms with Gasteiger partial charge in [-0.2, -0.15) is 0 Å². The summed E-state index contributed by atoms with van der Waals surface area (Å²) in [5.74, 6) is 0.894. The van der Waals surface area contributed by atoms with E-state index in [2.05, 4.69) is 0 Å². The summed E-state index contributed by atoms with van der Waals surface area (Å²) in [5, 5.41) is 2.68. The number of nitrogens with zero attached hydrogens (tertiary/aromatic N) is 4. The van der Waals surface area contributed by atoms with Crippen molar-refractivity contribution in [3.05, 3.63) is 39.4 Å². The van der Waals surface area contributed by atoms with Crippen molar-refractivity contribution in [2.24, 2.45) is 11.7 Å². The topological polar surface area (TPSA) is 93.7 Å². The van der Waals surface area contributed by atoms with Gasteiger partial charge in [-0.15, -0.1) is 0 Å². The van der Waals surface area contributed by atoms with Crippen LogP contribution in [0, 0.1) is 5.92 Å². The van der Waals surface area contributed by atoms with Crippen molar-refractivity contribution in [1.29, 1.82) is 0 Å². The summed E-state index contributed by atoms with van der Waals surface area (Å²) in [6.45, 7) is 7.37. The van der Waals surface area contributed by atoms with Gasteiger partial charge < -0.3 is 20.4 Å². The third kappa shape index (κ3) is 4.11. The van der Waals surface area contributed by atoms with E-state index in [4.69, 9.17) is 27.1 Å². The van der Waals surface area contributed by atoms with E-state index in [0.717, 1.165) is 12.8 Å². The molecule has 1 aromatic heterocycles. The SMILES string of the molecule is CC(C)(C)OC(=O)N1CCN(n2c([C@@H](N)C3CC3)nc3cccc(Cl)c3c2=O)CC1. The lowest BCUT2D eigenvalue weighted by atomic mass is 10.1. The molecular weight excluding hydrogens is 406 g/mol. The first-order valence-corrected chi connectivity index (χ1v) is 10.7. The number of carbonyl (C=O) groups excluding carboxylic acids is 1. The van der Waals surface area contributed by atoms with Crippen LogP contribution in [0.5, 0.6) is 0 Å². The number of ether oxygens (including phenoxy) is 1. The molecule has 1 aromatic carbocycles. The fourth-order valence-corrected chi connectivity index (χ4v) is 4.01. The highest BCUT2D eigenvalue weighted by Gasteiger charge is 2.35. The summed E-state index contributed by atoms with van der Waals surface area (Å²) in [6.07, 6.45) is 1.73. The maximum absolute atomic E-state index is 13.5. The molecule has 0 unspecified atom stereocenters. The van der Waals surface area contributed by atoms with E-state index in [1.165, 1.54) is 0 Å². The van der Waals surface area contributed by atoms with E-state index in [1.54, 1.807) is 27.8 Å². The van der Waals surface area contributed by atoms with Crippen molar-refractivity contribution >= 4 is 28.6 Å². The van der Waals surface area contributed by atoms with Gasteiger partial charge in [-0.1, -0.05) is 17.7 Å². The Hall–Kier alpha value is -2.32. The molecule has 1 saturated carbocycles. The molecular formula is C21H28ClN5O3. The number of halogens is 1. The van der Waals surface area contributed by atoms with Crippen LogP contribution in [0.4, 0.5) is 4.79 Å². The van der Waals surface area contributed by atoms with Gasteiger partial charge in [0.15, 0.2) is 0 Å². The van der Waals surface area contributed by atoms with E-state index in [-0.39, 0.29) is 17.7 Å². The third-order valence-electron chi connectivity index (χ3n) is 5.47. The van der Waals surface area contributed by atoms with Crippen LogP contribution in [-0.4, -0.2) is 52.4 Å². The maximum Gasteiger partial charge on any atom is 0.410 e. The zero-order chi connectivity index (χ0) is 21.6. The van der Waals surface area contributed by atoms with Crippen LogP contribution >= 0.6 is 11.6 Å². The molecule has 2 aliphatic rings. The molecule has 162 valence electrons. The smallest absolute Gasteiger partial charge is 0.410 e. The molecule has 0 bridgehead atoms. The second kappa shape index (κ2) is 7.74. The highest BCUT2D eigenvalue weighted by molar-refractivity contribution is 6.35. The molecule has 1 atom stereocenters. The molecule has 1 aliphatic carbocycles. The van der Waals surface area contributed by atoms with E-state index in [0.29, 0.717) is 53.8 Å². The Kier molecular flexibility index (Phi) is 5.40. The number of carbonyl (C=O) groups is 1. The fourth-order valence-electron chi connectivity index (χ4n) is 3.76. The Bertz CT molecular complexity index is 1020. The Labute approximate surface area is 180 Å². The lowest BCUT2D eigenvalue weighted by Gasteiger charge is -2.38. The van der Waals surface area contributed by atoms with Crippen molar-refractivity contribution < 1.29 is 9.53 Å². The van der Waals surface area contributed by atoms with Gasteiger partial charge in [-0.05, 0) is 51.7 Å². The number of amides is 1. The van der Waals surface area contributed by atoms with Gasteiger partial charge in [0, 0.05) is 13.1 Å². The minimum absolute atomic E-state index is 0.220. The van der Waals surface area contributed by atoms with Gasteiger partial charge in [0.05, 0.1) is 35.1 Å². The van der Waals surface area contributed by atoms with Crippen molar-refractivity contribution in [3.63, 3.8) is 0 Å². The van der Waals surface area contributed by atoms with Crippen LogP contribution in [-0.2, 0) is 4.74 Å². The number of hydrogen-bond acceptors (Lipinski definition) is 6. The first kappa shape index (κ1) is 20.9. The molecule has 2 fully saturated rings. The summed E-state index contributed by atoms with van der Waals surface area (Å²) in [7, 11) is 0. The van der Waals surface area contributed by atoms with E-state index in [1.807, 2.05) is 25.8 Å². The zero-order valence-corrected chi connectivity index (χ0v) is 18.4. The van der Waals surface area contributed by atoms with Crippen molar-refractivity contribution in [3.8, 4) is 0 Å². The van der Waals surface area contributed by atoms with E-state index in [9.17, 15) is 9.59 Å². The molecule has 8 nitrogen and oxygen atoms in total. The highest BCUT2D eigenvalue weighted by Crippen LogP contribution is 2.39. The summed E-state index contributed by atoms with van der Waals surface area (Å²) in [5.41, 5.74) is 6.27. The van der Waals surface area contributed by atoms with Crippen molar-refractivity contribution in [2.75, 3.05) is 31.2 Å². The van der Waals surface area contributed by atoms with E-state index < -0.39 is 5.60 Å². The molecule has 0 radical (unpaired) electrons. The fraction of sp³-hybridized carbons (Fsp3) is 0.571. The number of aromatic nitrogens is 2. The second-order valence-corrected chi connectivity index (χ2v) is 9.41. The number of rotatable bonds is 3. The van der Waals surface area contributed by atoms with E-state index >= 15 is 0 Å². The van der Waals surface area contributed by atoms with Crippen LogP contribution in [0.2, 0.25) is 5.02 Å². The van der Waals surface area contributed by atoms with Crippen molar-refractivity contribution in [2.45, 2.75) is 45.3 Å². The van der Waals surface area contributed by atoms with Crippen LogP contribution < -0.4 is 16.3 Å². The van der Waals surface area contributed by atoms with Gasteiger partial charge in [0.25, 0.3) is 5.56 Å². The second-order valence-electron chi connectivity index (χ2n) is 9.01. The number of nitrogens with two attached hydrogens (primary N) is 1. The minimum atomic E-state index is -0.547. The summed E-state index contributed by atoms with van der Waals surface area (Å²) in [6, 6.07) is 4.95.